The van der Waals surface area contributed by atoms with E-state index in [1.165, 1.54) is 24.3 Å². The third kappa shape index (κ3) is 6.70. The molecule has 0 bridgehead atoms. The second kappa shape index (κ2) is 10.7. The number of benzene rings is 2. The van der Waals surface area contributed by atoms with E-state index in [0.717, 1.165) is 6.20 Å². The molecule has 0 atom stereocenters. The summed E-state index contributed by atoms with van der Waals surface area (Å²) in [5.41, 5.74) is 0.416. The van der Waals surface area contributed by atoms with E-state index in [1.807, 2.05) is 0 Å². The number of amides is 2. The number of halogens is 3. The smallest absolute Gasteiger partial charge is 0.271 e. The largest absolute Gasteiger partial charge is 0.350 e. The number of anilines is 1. The van der Waals surface area contributed by atoms with Crippen molar-refractivity contribution in [3.63, 3.8) is 0 Å². The van der Waals surface area contributed by atoms with E-state index in [0.29, 0.717) is 11.3 Å². The van der Waals surface area contributed by atoms with E-state index >= 15 is 0 Å². The maximum Gasteiger partial charge on any atom is 0.271 e. The molecule has 3 rings (SSSR count). The number of carbonyl (C=O) groups is 2. The zero-order valence-electron chi connectivity index (χ0n) is 16.9. The number of hydrogen-bond donors (Lipinski definition) is 2. The van der Waals surface area contributed by atoms with Crippen molar-refractivity contribution in [2.24, 2.45) is 0 Å². The zero-order chi connectivity index (χ0) is 24.0. The van der Waals surface area contributed by atoms with Gasteiger partial charge in [0.05, 0.1) is 17.0 Å². The van der Waals surface area contributed by atoms with Gasteiger partial charge in [-0.1, -0.05) is 41.4 Å². The maximum atomic E-state index is 12.9. The Morgan fingerprint density at radius 2 is 1.70 bits per heavy atom. The summed E-state index contributed by atoms with van der Waals surface area (Å²) in [6.45, 7) is -0.0755. The monoisotopic (exact) mass is 510 g/mol. The maximum absolute atomic E-state index is 12.9. The molecule has 1 aromatic heterocycles. The Morgan fingerprint density at radius 1 is 1.00 bits per heavy atom. The van der Waals surface area contributed by atoms with Crippen LogP contribution in [-0.4, -0.2) is 36.7 Å². The van der Waals surface area contributed by atoms with Crippen LogP contribution in [0.5, 0.6) is 0 Å². The summed E-state index contributed by atoms with van der Waals surface area (Å²) in [6, 6.07) is 11.6. The first-order chi connectivity index (χ1) is 15.7. The third-order valence-corrected chi connectivity index (χ3v) is 6.37. The van der Waals surface area contributed by atoms with Gasteiger partial charge in [-0.25, -0.2) is 22.8 Å². The van der Waals surface area contributed by atoms with Crippen LogP contribution in [0, 0.1) is 5.82 Å². The molecule has 33 heavy (non-hydrogen) atoms. The van der Waals surface area contributed by atoms with Crippen molar-refractivity contribution in [2.45, 2.75) is 17.3 Å². The van der Waals surface area contributed by atoms with E-state index in [2.05, 4.69) is 20.6 Å². The fraction of sp³-hybridized carbons (Fsp3) is 0.143. The number of nitrogens with one attached hydrogen (secondary N) is 2. The van der Waals surface area contributed by atoms with Crippen molar-refractivity contribution >= 4 is 50.5 Å². The number of hydrogen-bond acceptors (Lipinski definition) is 6. The highest BCUT2D eigenvalue weighted by Gasteiger charge is 2.24. The molecule has 2 N–H and O–H groups in total. The van der Waals surface area contributed by atoms with Crippen LogP contribution in [0.25, 0.3) is 0 Å². The molecule has 0 saturated heterocycles. The van der Waals surface area contributed by atoms with E-state index in [4.69, 9.17) is 23.2 Å². The predicted octanol–water partition coefficient (Wildman–Crippen LogP) is 3.66. The normalized spacial score (nSPS) is 11.1. The van der Waals surface area contributed by atoms with Crippen molar-refractivity contribution in [3.8, 4) is 0 Å². The average Bonchev–Trinajstić information content (AvgIpc) is 2.77. The van der Waals surface area contributed by atoms with Crippen LogP contribution in [0.4, 0.5) is 10.1 Å². The number of aromatic nitrogens is 2. The van der Waals surface area contributed by atoms with Crippen molar-refractivity contribution in [1.82, 2.24) is 15.3 Å². The second-order valence-electron chi connectivity index (χ2n) is 6.76. The lowest BCUT2D eigenvalue weighted by Crippen LogP contribution is -2.29. The molecule has 0 aliphatic rings. The second-order valence-corrected chi connectivity index (χ2v) is 9.46. The van der Waals surface area contributed by atoms with Crippen LogP contribution in [-0.2, 0) is 20.4 Å². The number of nitrogens with zero attached hydrogens (tertiary/aromatic N) is 2. The fourth-order valence-corrected chi connectivity index (χ4v) is 4.37. The molecule has 2 aromatic carbocycles. The number of rotatable bonds is 8. The van der Waals surface area contributed by atoms with E-state index in [1.54, 1.807) is 24.3 Å². The Balaban J connectivity index is 1.63. The van der Waals surface area contributed by atoms with Gasteiger partial charge in [0, 0.05) is 23.7 Å². The lowest BCUT2D eigenvalue weighted by molar-refractivity contribution is -0.116. The number of carbonyl (C=O) groups excluding carboxylic acids is 2. The highest BCUT2D eigenvalue weighted by Crippen LogP contribution is 2.22. The Kier molecular flexibility index (Phi) is 7.96. The van der Waals surface area contributed by atoms with Gasteiger partial charge in [-0.2, -0.15) is 0 Å². The van der Waals surface area contributed by atoms with Crippen molar-refractivity contribution in [2.75, 3.05) is 11.9 Å². The highest BCUT2D eigenvalue weighted by atomic mass is 35.5. The zero-order valence-corrected chi connectivity index (χ0v) is 19.2. The van der Waals surface area contributed by atoms with Crippen LogP contribution >= 0.6 is 23.2 Å². The third-order valence-electron chi connectivity index (χ3n) is 4.28. The lowest BCUT2D eigenvalue weighted by Gasteiger charge is -2.09. The minimum absolute atomic E-state index is 0.0755. The number of sulfone groups is 1. The summed E-state index contributed by atoms with van der Waals surface area (Å²) in [5, 5.41) is 4.54. The molecule has 0 saturated carbocycles. The quantitative estimate of drug-likeness (QED) is 0.446. The summed E-state index contributed by atoms with van der Waals surface area (Å²) >= 11 is 12.0. The van der Waals surface area contributed by atoms with E-state index < -0.39 is 38.4 Å². The van der Waals surface area contributed by atoms with Crippen LogP contribution in [0.1, 0.15) is 22.5 Å². The summed E-state index contributed by atoms with van der Waals surface area (Å²) in [6.07, 6.45) is 0.924. The first kappa shape index (κ1) is 24.6. The molecule has 0 spiro atoms. The van der Waals surface area contributed by atoms with Gasteiger partial charge in [0.25, 0.3) is 5.91 Å². The van der Waals surface area contributed by atoms with E-state index in [-0.39, 0.29) is 28.7 Å². The molecule has 0 unspecified atom stereocenters. The average molecular weight is 511 g/mol. The molecule has 12 heteroatoms. The molecule has 1 heterocycles. The van der Waals surface area contributed by atoms with Crippen LogP contribution in [0.2, 0.25) is 10.0 Å². The molecule has 0 aliphatic carbocycles. The Hall–Kier alpha value is -3.08. The summed E-state index contributed by atoms with van der Waals surface area (Å²) in [5.74, 6) is -2.08. The van der Waals surface area contributed by atoms with Crippen molar-refractivity contribution < 1.29 is 22.4 Å². The molecular weight excluding hydrogens is 494 g/mol. The molecule has 2 amide bonds. The minimum atomic E-state index is -4.02. The Labute approximate surface area is 199 Å². The SMILES string of the molecule is O=C(CCNC(=O)c1nc(S(=O)(=O)Cc2ccccc2Cl)ncc1Cl)Nc1ccc(F)cc1. The predicted molar refractivity (Wildman–Crippen MR) is 121 cm³/mol. The minimum Gasteiger partial charge on any atom is -0.350 e. The van der Waals surface area contributed by atoms with Gasteiger partial charge in [-0.05, 0) is 35.9 Å². The molecule has 8 nitrogen and oxygen atoms in total. The summed E-state index contributed by atoms with van der Waals surface area (Å²) < 4.78 is 38.3. The van der Waals surface area contributed by atoms with Crippen molar-refractivity contribution in [1.29, 1.82) is 0 Å². The van der Waals surface area contributed by atoms with Crippen LogP contribution in [0.15, 0.2) is 59.9 Å². The van der Waals surface area contributed by atoms with Crippen molar-refractivity contribution in [3.05, 3.63) is 81.8 Å². The highest BCUT2D eigenvalue weighted by molar-refractivity contribution is 7.90. The standard InChI is InChI=1S/C21H17Cl2FN4O4S/c22-16-4-2-1-3-13(16)12-33(31,32)21-26-11-17(23)19(28-21)20(30)25-10-9-18(29)27-15-7-5-14(24)6-8-15/h1-8,11H,9-10,12H2,(H,25,30)(H,27,29). The molecular formula is C21H17Cl2FN4O4S. The van der Waals surface area contributed by atoms with Crippen LogP contribution < -0.4 is 10.6 Å². The summed E-state index contributed by atoms with van der Waals surface area (Å²) in [7, 11) is -4.02. The van der Waals surface area contributed by atoms with Gasteiger partial charge >= 0.3 is 0 Å². The molecule has 0 fully saturated rings. The fourth-order valence-electron chi connectivity index (χ4n) is 2.67. The molecule has 0 aliphatic heterocycles. The van der Waals surface area contributed by atoms with Gasteiger partial charge in [0.2, 0.25) is 20.9 Å². The van der Waals surface area contributed by atoms with Gasteiger partial charge in [0.15, 0.2) is 5.69 Å². The molecule has 0 radical (unpaired) electrons. The topological polar surface area (TPSA) is 118 Å². The van der Waals surface area contributed by atoms with Gasteiger partial charge in [0.1, 0.15) is 5.82 Å². The van der Waals surface area contributed by atoms with E-state index in [9.17, 15) is 22.4 Å². The first-order valence-corrected chi connectivity index (χ1v) is 11.9. The molecule has 172 valence electrons. The van der Waals surface area contributed by atoms with Gasteiger partial charge in [-0.3, -0.25) is 9.59 Å². The lowest BCUT2D eigenvalue weighted by atomic mass is 10.2. The molecule has 3 aromatic rings. The van der Waals surface area contributed by atoms with Crippen LogP contribution in [0.3, 0.4) is 0 Å². The Morgan fingerprint density at radius 3 is 2.39 bits per heavy atom. The summed E-state index contributed by atoms with van der Waals surface area (Å²) in [4.78, 5) is 32.0. The first-order valence-electron chi connectivity index (χ1n) is 9.48. The van der Waals surface area contributed by atoms with Gasteiger partial charge < -0.3 is 10.6 Å². The van der Waals surface area contributed by atoms with Gasteiger partial charge in [-0.15, -0.1) is 0 Å². The Bertz CT molecular complexity index is 1290.